The molecule has 3 aliphatic heterocycles. The van der Waals surface area contributed by atoms with E-state index in [-0.39, 0.29) is 31.5 Å². The van der Waals surface area contributed by atoms with Gasteiger partial charge in [-0.2, -0.15) is 0 Å². The zero-order chi connectivity index (χ0) is 25.7. The summed E-state index contributed by atoms with van der Waals surface area (Å²) in [7, 11) is 3.03. The number of fused-ring (bicyclic) bond motifs is 10. The summed E-state index contributed by atoms with van der Waals surface area (Å²) in [6.07, 6.45) is 5.08. The van der Waals surface area contributed by atoms with Gasteiger partial charge in [0.15, 0.2) is 11.5 Å². The third-order valence-electron chi connectivity index (χ3n) is 7.79. The maximum atomic E-state index is 14.2. The van der Waals surface area contributed by atoms with Crippen LogP contribution in [-0.4, -0.2) is 79.2 Å². The Hall–Kier alpha value is -2.52. The van der Waals surface area contributed by atoms with Gasteiger partial charge in [-0.3, -0.25) is 4.79 Å². The third kappa shape index (κ3) is 5.72. The molecule has 0 unspecified atom stereocenters. The number of methoxy groups -OCH3 is 2. The van der Waals surface area contributed by atoms with Crippen molar-refractivity contribution in [3.05, 3.63) is 17.7 Å². The van der Waals surface area contributed by atoms with Crippen molar-refractivity contribution in [2.75, 3.05) is 34.0 Å². The molecule has 1 saturated carbocycles. The number of nitrogens with zero attached hydrogens (tertiary/aromatic N) is 1. The van der Waals surface area contributed by atoms with Gasteiger partial charge < -0.3 is 34.1 Å². The average Bonchev–Trinajstić information content (AvgIpc) is 2.91. The lowest BCUT2D eigenvalue weighted by molar-refractivity contribution is -0.159. The van der Waals surface area contributed by atoms with E-state index in [2.05, 4.69) is 0 Å². The zero-order valence-corrected chi connectivity index (χ0v) is 21.3. The highest BCUT2D eigenvalue weighted by molar-refractivity contribution is 5.89. The molecule has 36 heavy (non-hydrogen) atoms. The van der Waals surface area contributed by atoms with Gasteiger partial charge in [0.05, 0.1) is 32.8 Å². The summed E-state index contributed by atoms with van der Waals surface area (Å²) < 4.78 is 22.6. The Kier molecular flexibility index (Phi) is 8.95. The molecule has 1 aromatic rings. The molecule has 2 bridgehead atoms. The normalized spacial score (nSPS) is 28.7. The van der Waals surface area contributed by atoms with E-state index < -0.39 is 30.1 Å². The highest BCUT2D eigenvalue weighted by Crippen LogP contribution is 2.45. The summed E-state index contributed by atoms with van der Waals surface area (Å²) in [5.74, 6) is 0.254. The highest BCUT2D eigenvalue weighted by Gasteiger charge is 2.41. The van der Waals surface area contributed by atoms with E-state index in [1.807, 2.05) is 0 Å². The van der Waals surface area contributed by atoms with Crippen molar-refractivity contribution in [2.24, 2.45) is 5.92 Å². The summed E-state index contributed by atoms with van der Waals surface area (Å²) in [5, 5.41) is 20.8. The summed E-state index contributed by atoms with van der Waals surface area (Å²) >= 11 is 0. The van der Waals surface area contributed by atoms with E-state index in [1.165, 1.54) is 14.2 Å². The van der Waals surface area contributed by atoms with Crippen LogP contribution in [0.1, 0.15) is 69.3 Å². The van der Waals surface area contributed by atoms with Crippen LogP contribution < -0.4 is 14.2 Å². The topological polar surface area (TPSA) is 115 Å². The molecule has 2 N–H and O–H groups in total. The molecule has 2 fully saturated rings. The molecule has 9 nitrogen and oxygen atoms in total. The van der Waals surface area contributed by atoms with Crippen LogP contribution in [0.5, 0.6) is 17.2 Å². The molecule has 200 valence electrons. The van der Waals surface area contributed by atoms with E-state index in [0.29, 0.717) is 30.2 Å². The molecule has 0 radical (unpaired) electrons. The van der Waals surface area contributed by atoms with Gasteiger partial charge in [0.2, 0.25) is 11.7 Å². The molecule has 3 heterocycles. The lowest BCUT2D eigenvalue weighted by atomic mass is 9.75. The van der Waals surface area contributed by atoms with Gasteiger partial charge in [-0.1, -0.05) is 19.3 Å². The second-order valence-electron chi connectivity index (χ2n) is 10.1. The summed E-state index contributed by atoms with van der Waals surface area (Å²) in [6.45, 7) is 0.239. The molecule has 0 spiro atoms. The SMILES string of the molecule is COc1cc2cc(OC)c1OC[C@H](O)[C@@H](O)CCOC(=O)[C@@H]1CCCCN1C(=O)[C@H]2C1CCCCC1. The van der Waals surface area contributed by atoms with Crippen LogP contribution in [0.15, 0.2) is 12.1 Å². The molecule has 1 amide bonds. The van der Waals surface area contributed by atoms with Gasteiger partial charge in [0.25, 0.3) is 0 Å². The number of esters is 1. The fourth-order valence-electron chi connectivity index (χ4n) is 5.77. The minimum absolute atomic E-state index is 0.0504. The van der Waals surface area contributed by atoms with E-state index in [0.717, 1.165) is 50.5 Å². The largest absolute Gasteiger partial charge is 0.493 e. The molecule has 4 aliphatic rings. The Morgan fingerprint density at radius 1 is 0.861 bits per heavy atom. The number of rotatable bonds is 3. The molecular formula is C27H39NO8. The predicted molar refractivity (Wildman–Crippen MR) is 131 cm³/mol. The first-order chi connectivity index (χ1) is 17.4. The number of carbonyl (C=O) groups excluding carboxylic acids is 2. The van der Waals surface area contributed by atoms with Crippen molar-refractivity contribution in [1.29, 1.82) is 0 Å². The van der Waals surface area contributed by atoms with Gasteiger partial charge in [-0.25, -0.2) is 4.79 Å². The molecule has 1 aliphatic carbocycles. The first-order valence-corrected chi connectivity index (χ1v) is 13.2. The number of hydrogen-bond acceptors (Lipinski definition) is 8. The molecule has 5 rings (SSSR count). The monoisotopic (exact) mass is 505 g/mol. The number of carbonyl (C=O) groups is 2. The number of piperidine rings is 1. The number of amides is 1. The highest BCUT2D eigenvalue weighted by atomic mass is 16.5. The van der Waals surface area contributed by atoms with Crippen molar-refractivity contribution >= 4 is 11.9 Å². The van der Waals surface area contributed by atoms with Crippen molar-refractivity contribution in [2.45, 2.75) is 82.0 Å². The smallest absolute Gasteiger partial charge is 0.328 e. The maximum Gasteiger partial charge on any atom is 0.328 e. The van der Waals surface area contributed by atoms with Gasteiger partial charge in [-0.15, -0.1) is 0 Å². The number of ether oxygens (including phenoxy) is 4. The lowest BCUT2D eigenvalue weighted by Crippen LogP contribution is -2.51. The molecule has 4 atom stereocenters. The summed E-state index contributed by atoms with van der Waals surface area (Å²) in [5.41, 5.74) is 0.762. The van der Waals surface area contributed by atoms with E-state index in [1.54, 1.807) is 17.0 Å². The minimum Gasteiger partial charge on any atom is -0.493 e. The average molecular weight is 506 g/mol. The van der Waals surface area contributed by atoms with E-state index in [9.17, 15) is 19.8 Å². The van der Waals surface area contributed by atoms with Crippen molar-refractivity contribution in [3.8, 4) is 17.2 Å². The Bertz CT molecular complexity index is 890. The standard InChI is InChI=1S/C27H39NO8/c1-33-22-14-18-15-23(34-2)25(22)36-16-21(30)20(29)11-13-35-27(32)19-10-6-7-12-28(19)26(31)24(18)17-8-4-3-5-9-17/h14-15,17,19-21,24,29-30H,3-13,16H2,1-2H3/t19-,20-,21-,24-/m0/s1. The van der Waals surface area contributed by atoms with Crippen LogP contribution in [0.4, 0.5) is 0 Å². The van der Waals surface area contributed by atoms with Crippen LogP contribution in [0, 0.1) is 5.92 Å². The number of hydrogen-bond donors (Lipinski definition) is 2. The van der Waals surface area contributed by atoms with E-state index >= 15 is 0 Å². The Balaban J connectivity index is 1.80. The van der Waals surface area contributed by atoms with Crippen LogP contribution in [-0.2, 0) is 14.3 Å². The van der Waals surface area contributed by atoms with Gasteiger partial charge in [0.1, 0.15) is 18.8 Å². The van der Waals surface area contributed by atoms with E-state index in [4.69, 9.17) is 18.9 Å². The molecule has 1 saturated heterocycles. The van der Waals surface area contributed by atoms with Crippen LogP contribution >= 0.6 is 0 Å². The summed E-state index contributed by atoms with van der Waals surface area (Å²) in [6, 6.07) is 2.96. The van der Waals surface area contributed by atoms with Gasteiger partial charge >= 0.3 is 5.97 Å². The zero-order valence-electron chi connectivity index (χ0n) is 21.3. The van der Waals surface area contributed by atoms with Crippen LogP contribution in [0.25, 0.3) is 0 Å². The third-order valence-corrected chi connectivity index (χ3v) is 7.79. The lowest BCUT2D eigenvalue weighted by Gasteiger charge is -2.39. The number of benzene rings is 1. The quantitative estimate of drug-likeness (QED) is 0.603. The first kappa shape index (κ1) is 26.5. The fraction of sp³-hybridized carbons (Fsp3) is 0.704. The Labute approximate surface area is 212 Å². The predicted octanol–water partition coefficient (Wildman–Crippen LogP) is 2.80. The van der Waals surface area contributed by atoms with Crippen molar-refractivity contribution in [1.82, 2.24) is 4.90 Å². The van der Waals surface area contributed by atoms with Crippen molar-refractivity contribution < 1.29 is 38.7 Å². The summed E-state index contributed by atoms with van der Waals surface area (Å²) in [4.78, 5) is 29.0. The molecule has 9 heteroatoms. The second-order valence-corrected chi connectivity index (χ2v) is 10.1. The number of aliphatic hydroxyl groups excluding tert-OH is 2. The second kappa shape index (κ2) is 12.1. The molecule has 1 aromatic carbocycles. The van der Waals surface area contributed by atoms with Crippen LogP contribution in [0.2, 0.25) is 0 Å². The first-order valence-electron chi connectivity index (χ1n) is 13.2. The Morgan fingerprint density at radius 2 is 1.53 bits per heavy atom. The van der Waals surface area contributed by atoms with Crippen molar-refractivity contribution in [3.63, 3.8) is 0 Å². The Morgan fingerprint density at radius 3 is 2.19 bits per heavy atom. The number of aliphatic hydroxyl groups is 2. The van der Waals surface area contributed by atoms with Gasteiger partial charge in [-0.05, 0) is 55.7 Å². The van der Waals surface area contributed by atoms with Crippen LogP contribution in [0.3, 0.4) is 0 Å². The molecular weight excluding hydrogens is 466 g/mol. The fourth-order valence-corrected chi connectivity index (χ4v) is 5.77. The maximum absolute atomic E-state index is 14.2. The minimum atomic E-state index is -1.20. The molecule has 0 aromatic heterocycles. The van der Waals surface area contributed by atoms with Gasteiger partial charge in [0, 0.05) is 13.0 Å².